The molecule has 7 nitrogen and oxygen atoms in total. The average molecular weight is 949 g/mol. The summed E-state index contributed by atoms with van der Waals surface area (Å²) in [5, 5.41) is 7.27. The summed E-state index contributed by atoms with van der Waals surface area (Å²) < 4.78 is 44.1. The van der Waals surface area contributed by atoms with Crippen molar-refractivity contribution in [2.24, 2.45) is 34.5 Å². The summed E-state index contributed by atoms with van der Waals surface area (Å²) in [5.41, 5.74) is 5.58. The van der Waals surface area contributed by atoms with Crippen molar-refractivity contribution >= 4 is 28.5 Å². The minimum Gasteiger partial charge on any atom is -0.385 e. The van der Waals surface area contributed by atoms with Gasteiger partial charge in [-0.25, -0.2) is 8.78 Å². The Bertz CT molecular complexity index is 2570. The number of ether oxygens (including phenoxy) is 2. The summed E-state index contributed by atoms with van der Waals surface area (Å²) in [4.78, 5) is 49.5. The predicted molar refractivity (Wildman–Crippen MR) is 275 cm³/mol. The van der Waals surface area contributed by atoms with Crippen molar-refractivity contribution in [2.45, 2.75) is 80.1 Å². The maximum absolute atomic E-state index is 17.8. The van der Waals surface area contributed by atoms with Crippen molar-refractivity contribution in [3.05, 3.63) is 176 Å². The summed E-state index contributed by atoms with van der Waals surface area (Å²) in [6.07, 6.45) is 3.85. The van der Waals surface area contributed by atoms with Crippen LogP contribution in [0.15, 0.2) is 131 Å². The summed E-state index contributed by atoms with van der Waals surface area (Å²) in [6.45, 7) is 15.0. The molecule has 4 aromatic carbocycles. The van der Waals surface area contributed by atoms with E-state index in [0.717, 1.165) is 49.9 Å². The quantitative estimate of drug-likeness (QED) is 0.108. The highest BCUT2D eigenvalue weighted by atomic mass is 19.1. The first-order chi connectivity index (χ1) is 33.8. The van der Waals surface area contributed by atoms with Gasteiger partial charge in [0.05, 0.1) is 10.8 Å². The van der Waals surface area contributed by atoms with Gasteiger partial charge in [-0.2, -0.15) is 0 Å². The first-order valence-electron chi connectivity index (χ1n) is 25.3. The normalized spacial score (nSPS) is 25.4. The van der Waals surface area contributed by atoms with Gasteiger partial charge in [-0.05, 0) is 160 Å². The number of halogens is 2. The zero-order chi connectivity index (χ0) is 49.9. The Balaban J connectivity index is 1.53. The molecule has 0 saturated carbocycles. The maximum Gasteiger partial charge on any atom is 0.193 e. The topological polar surface area (TPSA) is 93.7 Å². The van der Waals surface area contributed by atoms with Gasteiger partial charge in [-0.3, -0.25) is 14.4 Å². The summed E-state index contributed by atoms with van der Waals surface area (Å²) in [5.74, 6) is -2.57. The number of ketones is 3. The third-order valence-corrected chi connectivity index (χ3v) is 16.9. The minimum atomic E-state index is -1.39. The monoisotopic (exact) mass is 949 g/mol. The molecular formula is C61H70F2N2O5. The lowest BCUT2D eigenvalue weighted by Crippen LogP contribution is -2.57. The molecule has 2 aliphatic heterocycles. The van der Waals surface area contributed by atoms with Crippen molar-refractivity contribution in [2.75, 3.05) is 53.6 Å². The average Bonchev–Trinajstić information content (AvgIpc) is 3.38. The van der Waals surface area contributed by atoms with E-state index >= 15 is 23.2 Å². The maximum atomic E-state index is 17.8. The number of Topliss-reactive ketones (excluding diaryl/α,β-unsaturated/α-hetero) is 3. The van der Waals surface area contributed by atoms with E-state index in [2.05, 4.69) is 24.5 Å². The number of methoxy groups -OCH3 is 2. The van der Waals surface area contributed by atoms with Gasteiger partial charge in [0.2, 0.25) is 0 Å². The van der Waals surface area contributed by atoms with Crippen LogP contribution in [0.4, 0.5) is 8.78 Å². The van der Waals surface area contributed by atoms with Crippen LogP contribution in [0.1, 0.15) is 109 Å². The van der Waals surface area contributed by atoms with Gasteiger partial charge >= 0.3 is 0 Å². The Morgan fingerprint density at radius 3 is 1.30 bits per heavy atom. The van der Waals surface area contributed by atoms with E-state index < -0.39 is 22.7 Å². The number of rotatable bonds is 16. The third-order valence-electron chi connectivity index (χ3n) is 16.9. The lowest BCUT2D eigenvalue weighted by molar-refractivity contribution is -0.142. The molecule has 0 amide bonds. The zero-order valence-electron chi connectivity index (χ0n) is 42.3. The Kier molecular flexibility index (Phi) is 15.6. The van der Waals surface area contributed by atoms with E-state index in [1.165, 1.54) is 12.1 Å². The fourth-order valence-electron chi connectivity index (χ4n) is 13.1. The Morgan fingerprint density at radius 1 is 0.571 bits per heavy atom. The number of hydrogen-bond acceptors (Lipinski definition) is 7. The molecule has 368 valence electrons. The molecule has 70 heavy (non-hydrogen) atoms. The van der Waals surface area contributed by atoms with Crippen LogP contribution in [-0.4, -0.2) is 71.0 Å². The molecule has 6 unspecified atom stereocenters. The Morgan fingerprint density at radius 2 is 0.957 bits per heavy atom. The molecule has 0 aromatic heterocycles. The van der Waals surface area contributed by atoms with E-state index in [0.29, 0.717) is 79.9 Å². The predicted octanol–water partition coefficient (Wildman–Crippen LogP) is 12.1. The second kappa shape index (κ2) is 21.5. The highest BCUT2D eigenvalue weighted by molar-refractivity contribution is 6.23. The lowest BCUT2D eigenvalue weighted by Gasteiger charge is -2.55. The van der Waals surface area contributed by atoms with E-state index in [9.17, 15) is 0 Å². The molecule has 0 bridgehead atoms. The molecule has 6 atom stereocenters. The van der Waals surface area contributed by atoms with Gasteiger partial charge in [-0.1, -0.05) is 110 Å². The number of carbonyl (C=O) groups is 3. The summed E-state index contributed by atoms with van der Waals surface area (Å²) in [7, 11) is 3.28. The number of nitrogens with one attached hydrogen (secondary N) is 2. The SMILES string of the molecule is COCCC1(C(=O)C2(CCOC)C(C)=C(C(=O)c3ccccc3)C(c3cccc(F)c3C)=C(C3CCCNC3)C2C)C(C)=C(C(=O)c2ccccc2)C(c2cccc(F)c2C)=C(C2CCCNC2)C1C. The van der Waals surface area contributed by atoms with Crippen molar-refractivity contribution < 1.29 is 32.6 Å². The van der Waals surface area contributed by atoms with Crippen LogP contribution in [0, 0.1) is 60.0 Å². The number of piperidine rings is 2. The number of carbonyl (C=O) groups excluding carboxylic acids is 3. The van der Waals surface area contributed by atoms with E-state index in [-0.39, 0.29) is 66.9 Å². The molecule has 0 spiro atoms. The van der Waals surface area contributed by atoms with Gasteiger partial charge in [0.25, 0.3) is 0 Å². The number of benzene rings is 4. The molecule has 9 heteroatoms. The smallest absolute Gasteiger partial charge is 0.193 e. The molecule has 4 aromatic rings. The van der Waals surface area contributed by atoms with Crippen LogP contribution < -0.4 is 10.6 Å². The van der Waals surface area contributed by atoms with Crippen molar-refractivity contribution in [3.8, 4) is 0 Å². The minimum absolute atomic E-state index is 0.0975. The molecule has 2 fully saturated rings. The van der Waals surface area contributed by atoms with Crippen LogP contribution in [0.2, 0.25) is 0 Å². The van der Waals surface area contributed by atoms with E-state index in [1.54, 1.807) is 64.5 Å². The second-order valence-electron chi connectivity index (χ2n) is 20.2. The molecule has 2 heterocycles. The fourth-order valence-corrected chi connectivity index (χ4v) is 13.1. The summed E-state index contributed by atoms with van der Waals surface area (Å²) >= 11 is 0. The Labute approximate surface area is 413 Å². The van der Waals surface area contributed by atoms with Gasteiger partial charge in [-0.15, -0.1) is 0 Å². The standard InChI is InChI=1S/C61H70F2N2O5/c1-37-47(25-15-27-49(37)62)55-51(45-23-17-31-64-35-45)39(3)60(29-33-69-7,41(5)53(55)57(66)43-19-11-9-12-20-43)59(68)61(30-34-70-8)40(4)52(46-24-18-32-65-36-46)56(48-26-16-28-50(63)38(48)2)54(42(61)6)58(67)44-21-13-10-14-22-44/h9-16,19-22,25-28,39-40,45-46,64-65H,17-18,23-24,29-36H2,1-8H3. The van der Waals surface area contributed by atoms with Crippen molar-refractivity contribution in [1.82, 2.24) is 10.6 Å². The molecular weight excluding hydrogens is 879 g/mol. The first-order valence-corrected chi connectivity index (χ1v) is 25.3. The fraction of sp³-hybridized carbons (Fsp3) is 0.426. The zero-order valence-corrected chi connectivity index (χ0v) is 42.3. The molecule has 4 aliphatic rings. The second-order valence-corrected chi connectivity index (χ2v) is 20.2. The lowest BCUT2D eigenvalue weighted by atomic mass is 9.46. The van der Waals surface area contributed by atoms with Gasteiger partial charge < -0.3 is 20.1 Å². The van der Waals surface area contributed by atoms with Crippen LogP contribution in [0.3, 0.4) is 0 Å². The van der Waals surface area contributed by atoms with Crippen LogP contribution in [-0.2, 0) is 14.3 Å². The highest BCUT2D eigenvalue weighted by Crippen LogP contribution is 2.64. The van der Waals surface area contributed by atoms with Gasteiger partial charge in [0.15, 0.2) is 17.3 Å². The van der Waals surface area contributed by atoms with E-state index in [4.69, 9.17) is 9.47 Å². The van der Waals surface area contributed by atoms with Gasteiger partial charge in [0, 0.05) is 62.8 Å². The van der Waals surface area contributed by atoms with Crippen molar-refractivity contribution in [1.29, 1.82) is 0 Å². The third kappa shape index (κ3) is 8.75. The molecule has 2 saturated heterocycles. The number of allylic oxidation sites excluding steroid dienone is 6. The van der Waals surface area contributed by atoms with Crippen LogP contribution in [0.25, 0.3) is 11.1 Å². The molecule has 2 N–H and O–H groups in total. The van der Waals surface area contributed by atoms with Crippen molar-refractivity contribution in [3.63, 3.8) is 0 Å². The molecule has 0 radical (unpaired) electrons. The Hall–Kier alpha value is -5.45. The van der Waals surface area contributed by atoms with Crippen LogP contribution >= 0.6 is 0 Å². The van der Waals surface area contributed by atoms with Gasteiger partial charge in [0.1, 0.15) is 11.6 Å². The molecule has 8 rings (SSSR count). The van der Waals surface area contributed by atoms with E-state index in [1.807, 2.05) is 62.4 Å². The first kappa shape index (κ1) is 50.9. The summed E-state index contributed by atoms with van der Waals surface area (Å²) in [6, 6.07) is 28.5. The highest BCUT2D eigenvalue weighted by Gasteiger charge is 2.62. The molecule has 2 aliphatic carbocycles. The number of hydrogen-bond donors (Lipinski definition) is 2. The largest absolute Gasteiger partial charge is 0.385 e. The van der Waals surface area contributed by atoms with Crippen LogP contribution in [0.5, 0.6) is 0 Å².